The highest BCUT2D eigenvalue weighted by Gasteiger charge is 2.45. The zero-order chi connectivity index (χ0) is 13.9. The molecule has 1 atom stereocenters. The van der Waals surface area contributed by atoms with E-state index < -0.39 is 11.5 Å². The van der Waals surface area contributed by atoms with Gasteiger partial charge in [0.05, 0.1) is 0 Å². The normalized spacial score (nSPS) is 26.0. The number of hydrogen-bond acceptors (Lipinski definition) is 2. The highest BCUT2D eigenvalue weighted by atomic mass is 16.4. The number of carboxylic acids is 1. The van der Waals surface area contributed by atoms with Crippen LogP contribution in [0.1, 0.15) is 45.1 Å². The second kappa shape index (κ2) is 5.33. The standard InChI is InChI=1S/C16H23NO2/c1-15(2)9-6-10-16(12-15,14(18)19)17-11-13-7-4-3-5-8-13/h3-5,7-8,17H,6,9-12H2,1-2H3,(H,18,19). The fraction of sp³-hybridized carbons (Fsp3) is 0.562. The molecule has 1 aromatic rings. The Kier molecular flexibility index (Phi) is 3.95. The molecule has 1 aliphatic carbocycles. The third-order valence-electron chi connectivity index (χ3n) is 4.12. The molecule has 3 nitrogen and oxygen atoms in total. The van der Waals surface area contributed by atoms with E-state index in [1.165, 1.54) is 0 Å². The van der Waals surface area contributed by atoms with Crippen LogP contribution in [-0.2, 0) is 11.3 Å². The van der Waals surface area contributed by atoms with Crippen molar-refractivity contribution >= 4 is 5.97 Å². The van der Waals surface area contributed by atoms with Crippen LogP contribution >= 0.6 is 0 Å². The molecule has 0 aromatic heterocycles. The number of carbonyl (C=O) groups is 1. The Balaban J connectivity index is 2.10. The molecule has 0 amide bonds. The van der Waals surface area contributed by atoms with E-state index in [-0.39, 0.29) is 5.41 Å². The molecule has 1 fully saturated rings. The van der Waals surface area contributed by atoms with Gasteiger partial charge in [-0.15, -0.1) is 0 Å². The molecule has 0 heterocycles. The lowest BCUT2D eigenvalue weighted by atomic mass is 9.68. The van der Waals surface area contributed by atoms with E-state index in [1.54, 1.807) is 0 Å². The molecule has 1 unspecified atom stereocenters. The predicted octanol–water partition coefficient (Wildman–Crippen LogP) is 3.20. The molecular weight excluding hydrogens is 238 g/mol. The van der Waals surface area contributed by atoms with Gasteiger partial charge in [0.15, 0.2) is 0 Å². The van der Waals surface area contributed by atoms with Crippen molar-refractivity contribution in [2.45, 2.75) is 51.6 Å². The van der Waals surface area contributed by atoms with Gasteiger partial charge < -0.3 is 5.11 Å². The van der Waals surface area contributed by atoms with Crippen molar-refractivity contribution in [2.24, 2.45) is 5.41 Å². The minimum atomic E-state index is -0.766. The van der Waals surface area contributed by atoms with E-state index in [2.05, 4.69) is 19.2 Å². The summed E-state index contributed by atoms with van der Waals surface area (Å²) in [4.78, 5) is 11.7. The maximum absolute atomic E-state index is 11.7. The Labute approximate surface area is 115 Å². The molecule has 0 radical (unpaired) electrons. The maximum atomic E-state index is 11.7. The molecular formula is C16H23NO2. The molecule has 104 valence electrons. The predicted molar refractivity (Wildman–Crippen MR) is 75.9 cm³/mol. The molecule has 1 aliphatic rings. The molecule has 2 N–H and O–H groups in total. The van der Waals surface area contributed by atoms with Gasteiger partial charge in [0.1, 0.15) is 5.54 Å². The first-order valence-corrected chi connectivity index (χ1v) is 6.96. The summed E-state index contributed by atoms with van der Waals surface area (Å²) in [6.07, 6.45) is 3.50. The van der Waals surface area contributed by atoms with Crippen LogP contribution in [0, 0.1) is 5.41 Å². The van der Waals surface area contributed by atoms with Crippen molar-refractivity contribution in [3.63, 3.8) is 0 Å². The third kappa shape index (κ3) is 3.35. The van der Waals surface area contributed by atoms with Gasteiger partial charge in [-0.25, -0.2) is 0 Å². The van der Waals surface area contributed by atoms with Gasteiger partial charge in [-0.1, -0.05) is 50.6 Å². The van der Waals surface area contributed by atoms with Crippen molar-refractivity contribution in [2.75, 3.05) is 0 Å². The fourth-order valence-corrected chi connectivity index (χ4v) is 3.14. The smallest absolute Gasteiger partial charge is 0.323 e. The first-order valence-electron chi connectivity index (χ1n) is 6.96. The highest BCUT2D eigenvalue weighted by Crippen LogP contribution is 2.41. The summed E-state index contributed by atoms with van der Waals surface area (Å²) in [5, 5.41) is 12.9. The van der Waals surface area contributed by atoms with Gasteiger partial charge in [0, 0.05) is 6.54 Å². The van der Waals surface area contributed by atoms with Crippen molar-refractivity contribution in [3.05, 3.63) is 35.9 Å². The van der Waals surface area contributed by atoms with Crippen LogP contribution in [0.15, 0.2) is 30.3 Å². The number of aliphatic carboxylic acids is 1. The maximum Gasteiger partial charge on any atom is 0.323 e. The Hall–Kier alpha value is -1.35. The lowest BCUT2D eigenvalue weighted by Gasteiger charge is -2.42. The lowest BCUT2D eigenvalue weighted by molar-refractivity contribution is -0.148. The average Bonchev–Trinajstić information content (AvgIpc) is 2.36. The first kappa shape index (κ1) is 14.1. The molecule has 1 saturated carbocycles. The largest absolute Gasteiger partial charge is 0.480 e. The van der Waals surface area contributed by atoms with Gasteiger partial charge in [0.25, 0.3) is 0 Å². The Morgan fingerprint density at radius 3 is 2.53 bits per heavy atom. The Bertz CT molecular complexity index is 441. The van der Waals surface area contributed by atoms with Crippen molar-refractivity contribution in [1.82, 2.24) is 5.32 Å². The van der Waals surface area contributed by atoms with Crippen LogP contribution in [0.4, 0.5) is 0 Å². The van der Waals surface area contributed by atoms with Crippen LogP contribution in [0.3, 0.4) is 0 Å². The lowest BCUT2D eigenvalue weighted by Crippen LogP contribution is -2.56. The highest BCUT2D eigenvalue weighted by molar-refractivity contribution is 5.79. The summed E-state index contributed by atoms with van der Waals surface area (Å²) in [5.41, 5.74) is 0.462. The van der Waals surface area contributed by atoms with E-state index >= 15 is 0 Å². The minimum Gasteiger partial charge on any atom is -0.480 e. The van der Waals surface area contributed by atoms with E-state index in [9.17, 15) is 9.90 Å². The van der Waals surface area contributed by atoms with E-state index in [0.29, 0.717) is 13.0 Å². The van der Waals surface area contributed by atoms with E-state index in [0.717, 1.165) is 24.8 Å². The molecule has 19 heavy (non-hydrogen) atoms. The molecule has 1 aromatic carbocycles. The van der Waals surface area contributed by atoms with Gasteiger partial charge in [-0.3, -0.25) is 10.1 Å². The number of benzene rings is 1. The monoisotopic (exact) mass is 261 g/mol. The second-order valence-corrected chi connectivity index (χ2v) is 6.42. The molecule has 0 spiro atoms. The molecule has 0 saturated heterocycles. The van der Waals surface area contributed by atoms with Crippen LogP contribution < -0.4 is 5.32 Å². The summed E-state index contributed by atoms with van der Waals surface area (Å²) in [6.45, 7) is 4.94. The third-order valence-corrected chi connectivity index (χ3v) is 4.12. The van der Waals surface area contributed by atoms with Gasteiger partial charge in [-0.2, -0.15) is 0 Å². The van der Waals surface area contributed by atoms with E-state index in [4.69, 9.17) is 0 Å². The molecule has 3 heteroatoms. The van der Waals surface area contributed by atoms with Gasteiger partial charge >= 0.3 is 5.97 Å². The van der Waals surface area contributed by atoms with Crippen LogP contribution in [0.2, 0.25) is 0 Å². The fourth-order valence-electron chi connectivity index (χ4n) is 3.14. The van der Waals surface area contributed by atoms with Crippen LogP contribution in [0.25, 0.3) is 0 Å². The molecule has 0 bridgehead atoms. The number of nitrogens with one attached hydrogen (secondary N) is 1. The Morgan fingerprint density at radius 1 is 1.26 bits per heavy atom. The summed E-state index contributed by atoms with van der Waals surface area (Å²) in [6, 6.07) is 9.98. The first-order chi connectivity index (χ1) is 8.94. The van der Waals surface area contributed by atoms with Crippen molar-refractivity contribution < 1.29 is 9.90 Å². The summed E-state index contributed by atoms with van der Waals surface area (Å²) >= 11 is 0. The van der Waals surface area contributed by atoms with Gasteiger partial charge in [-0.05, 0) is 30.2 Å². The number of hydrogen-bond donors (Lipinski definition) is 2. The zero-order valence-electron chi connectivity index (χ0n) is 11.8. The summed E-state index contributed by atoms with van der Waals surface area (Å²) in [5.74, 6) is -0.712. The van der Waals surface area contributed by atoms with Crippen molar-refractivity contribution in [1.29, 1.82) is 0 Å². The van der Waals surface area contributed by atoms with Gasteiger partial charge in [0.2, 0.25) is 0 Å². The molecule has 0 aliphatic heterocycles. The number of rotatable bonds is 4. The van der Waals surface area contributed by atoms with Crippen molar-refractivity contribution in [3.8, 4) is 0 Å². The van der Waals surface area contributed by atoms with E-state index in [1.807, 2.05) is 30.3 Å². The molecule has 2 rings (SSSR count). The topological polar surface area (TPSA) is 49.3 Å². The Morgan fingerprint density at radius 2 is 1.95 bits per heavy atom. The summed E-state index contributed by atoms with van der Waals surface area (Å²) < 4.78 is 0. The quantitative estimate of drug-likeness (QED) is 0.875. The zero-order valence-corrected chi connectivity index (χ0v) is 11.8. The SMILES string of the molecule is CC1(C)CCCC(NCc2ccccc2)(C(=O)O)C1. The minimum absolute atomic E-state index is 0.0975. The summed E-state index contributed by atoms with van der Waals surface area (Å²) in [7, 11) is 0. The van der Waals surface area contributed by atoms with Crippen LogP contribution in [0.5, 0.6) is 0 Å². The average molecular weight is 261 g/mol. The van der Waals surface area contributed by atoms with Crippen LogP contribution in [-0.4, -0.2) is 16.6 Å². The second-order valence-electron chi connectivity index (χ2n) is 6.42. The number of carboxylic acid groups (broad SMARTS) is 1.